The molecule has 0 heterocycles. The van der Waals surface area contributed by atoms with E-state index in [-0.39, 0.29) is 17.8 Å². The number of oxime groups is 1. The number of allylic oxidation sites excluding steroid dienone is 1. The van der Waals surface area contributed by atoms with E-state index in [1.165, 1.54) is 0 Å². The van der Waals surface area contributed by atoms with Gasteiger partial charge in [-0.15, -0.1) is 0 Å². The molecule has 6 heteroatoms. The van der Waals surface area contributed by atoms with Crippen LogP contribution < -0.4 is 0 Å². The smallest absolute Gasteiger partial charge is 0.315 e. The Hall–Kier alpha value is -1.69. The Bertz CT molecular complexity index is 776. The van der Waals surface area contributed by atoms with Crippen molar-refractivity contribution in [1.82, 2.24) is 0 Å². The lowest BCUT2D eigenvalue weighted by atomic mass is 9.43. The summed E-state index contributed by atoms with van der Waals surface area (Å²) in [6.45, 7) is 9.66. The lowest BCUT2D eigenvalue weighted by Crippen LogP contribution is -2.63. The van der Waals surface area contributed by atoms with Crippen LogP contribution in [0.3, 0.4) is 0 Å². The number of carbonyl (C=O) groups excluding carboxylic acids is 1. The Kier molecular flexibility index (Phi) is 5.36. The van der Waals surface area contributed by atoms with Crippen LogP contribution in [0.15, 0.2) is 16.8 Å². The highest BCUT2D eigenvalue weighted by Crippen LogP contribution is 2.82. The molecule has 0 radical (unpaired) electrons. The zero-order chi connectivity index (χ0) is 21.7. The summed E-state index contributed by atoms with van der Waals surface area (Å²) in [5.74, 6) is 0.179. The molecule has 0 aliphatic heterocycles. The van der Waals surface area contributed by atoms with Crippen molar-refractivity contribution in [3.63, 3.8) is 0 Å². The Morgan fingerprint density at radius 1 is 1.30 bits per heavy atom. The van der Waals surface area contributed by atoms with Gasteiger partial charge in [0.2, 0.25) is 0 Å². The van der Waals surface area contributed by atoms with E-state index in [0.29, 0.717) is 38.1 Å². The van der Waals surface area contributed by atoms with Gasteiger partial charge in [-0.25, -0.2) is 0 Å². The van der Waals surface area contributed by atoms with Gasteiger partial charge in [0.15, 0.2) is 0 Å². The predicted molar refractivity (Wildman–Crippen MR) is 113 cm³/mol. The van der Waals surface area contributed by atoms with Crippen LogP contribution in [-0.2, 0) is 19.2 Å². The van der Waals surface area contributed by atoms with Crippen molar-refractivity contribution in [1.29, 1.82) is 0 Å². The number of hydrogen-bond donors (Lipinski definition) is 1. The van der Waals surface area contributed by atoms with Gasteiger partial charge in [0.1, 0.15) is 18.3 Å². The van der Waals surface area contributed by atoms with Crippen LogP contribution in [0.1, 0.15) is 53.4 Å². The van der Waals surface area contributed by atoms with Gasteiger partial charge in [0.05, 0.1) is 18.2 Å². The average molecular weight is 418 g/mol. The number of nitrogens with zero attached hydrogens (tertiary/aromatic N) is 1. The molecular formula is C24H35NO5. The number of carboxylic acid groups (broad SMARTS) is 1. The molecule has 0 spiro atoms. The summed E-state index contributed by atoms with van der Waals surface area (Å²) in [5.41, 5.74) is -1.87. The molecule has 4 aliphatic rings. The fourth-order valence-electron chi connectivity index (χ4n) is 7.91. The van der Waals surface area contributed by atoms with Crippen LogP contribution in [0.4, 0.5) is 0 Å². The van der Waals surface area contributed by atoms with Crippen LogP contribution in [0, 0.1) is 45.8 Å². The van der Waals surface area contributed by atoms with E-state index in [4.69, 9.17) is 9.57 Å². The second kappa shape index (κ2) is 7.47. The normalized spacial score (nSPS) is 43.8. The number of aliphatic carboxylic acids is 1. The molecule has 4 bridgehead atoms. The highest BCUT2D eigenvalue weighted by Gasteiger charge is 2.84. The molecule has 0 amide bonds. The van der Waals surface area contributed by atoms with E-state index < -0.39 is 22.2 Å². The first kappa shape index (κ1) is 21.5. The SMILES string of the molecule is CCOCCON=C[C@@]12C[C@@H]3[C@H](C)CC[C@H]3[C@@]3(C=O)C[C@@H]1C=C(C(C)C)[C@]32C(=O)O. The van der Waals surface area contributed by atoms with Crippen molar-refractivity contribution >= 4 is 18.5 Å². The zero-order valence-electron chi connectivity index (χ0n) is 18.6. The molecule has 0 aromatic rings. The van der Waals surface area contributed by atoms with Gasteiger partial charge in [-0.2, -0.15) is 0 Å². The first-order chi connectivity index (χ1) is 14.3. The molecule has 30 heavy (non-hydrogen) atoms. The average Bonchev–Trinajstić information content (AvgIpc) is 3.27. The van der Waals surface area contributed by atoms with Gasteiger partial charge in [-0.1, -0.05) is 44.0 Å². The standard InChI is InChI=1S/C24H35NO5/c1-5-29-8-9-30-25-13-22-12-18-16(4)6-7-19(18)23(14-26)11-17(22)10-20(15(2)3)24(22,23)21(27)28/h10,13-19H,5-9,11-12H2,1-4H3,(H,27,28)/t16-,17+,18-,19-,22+,23+,24-/m1/s1. The quantitative estimate of drug-likeness (QED) is 0.202. The third kappa shape index (κ3) is 2.43. The van der Waals surface area contributed by atoms with Gasteiger partial charge < -0.3 is 19.5 Å². The topological polar surface area (TPSA) is 85.2 Å². The molecule has 1 N–H and O–H groups in total. The largest absolute Gasteiger partial charge is 0.481 e. The summed E-state index contributed by atoms with van der Waals surface area (Å²) in [6.07, 6.45) is 8.34. The highest BCUT2D eigenvalue weighted by molar-refractivity contribution is 5.96. The van der Waals surface area contributed by atoms with Crippen LogP contribution in [0.5, 0.6) is 0 Å². The second-order valence-corrected chi connectivity index (χ2v) is 10.1. The fraction of sp³-hybridized carbons (Fsp3) is 0.792. The number of carbonyl (C=O) groups is 2. The maximum Gasteiger partial charge on any atom is 0.315 e. The number of ether oxygens (including phenoxy) is 1. The minimum absolute atomic E-state index is 0.00763. The summed E-state index contributed by atoms with van der Waals surface area (Å²) in [4.78, 5) is 31.5. The lowest BCUT2D eigenvalue weighted by molar-refractivity contribution is -0.173. The molecule has 0 aromatic heterocycles. The fourth-order valence-corrected chi connectivity index (χ4v) is 7.91. The molecule has 7 atom stereocenters. The maximum absolute atomic E-state index is 13.2. The third-order valence-corrected chi connectivity index (χ3v) is 8.88. The van der Waals surface area contributed by atoms with Gasteiger partial charge in [-0.05, 0) is 55.8 Å². The van der Waals surface area contributed by atoms with Crippen LogP contribution in [0.25, 0.3) is 0 Å². The van der Waals surface area contributed by atoms with Crippen molar-refractivity contribution in [2.24, 2.45) is 51.0 Å². The monoisotopic (exact) mass is 417 g/mol. The van der Waals surface area contributed by atoms with Crippen LogP contribution in [-0.4, -0.2) is 43.4 Å². The van der Waals surface area contributed by atoms with Gasteiger partial charge in [-0.3, -0.25) is 4.79 Å². The third-order valence-electron chi connectivity index (χ3n) is 8.88. The molecule has 4 aliphatic carbocycles. The van der Waals surface area contributed by atoms with E-state index in [2.05, 4.69) is 18.2 Å². The Morgan fingerprint density at radius 2 is 2.07 bits per heavy atom. The zero-order valence-corrected chi connectivity index (χ0v) is 18.6. The van der Waals surface area contributed by atoms with E-state index in [1.54, 1.807) is 6.21 Å². The number of rotatable bonds is 9. The van der Waals surface area contributed by atoms with Crippen molar-refractivity contribution in [3.05, 3.63) is 11.6 Å². The molecule has 3 fully saturated rings. The minimum Gasteiger partial charge on any atom is -0.481 e. The minimum atomic E-state index is -1.22. The van der Waals surface area contributed by atoms with E-state index in [0.717, 1.165) is 31.1 Å². The highest BCUT2D eigenvalue weighted by atomic mass is 16.6. The van der Waals surface area contributed by atoms with E-state index >= 15 is 0 Å². The molecule has 0 saturated heterocycles. The Labute approximate surface area is 179 Å². The molecule has 4 rings (SSSR count). The molecule has 0 aromatic carbocycles. The number of fused-ring (bicyclic) bond motifs is 2. The summed E-state index contributed by atoms with van der Waals surface area (Å²) >= 11 is 0. The predicted octanol–water partition coefficient (Wildman–Crippen LogP) is 3.95. The summed E-state index contributed by atoms with van der Waals surface area (Å²) in [5, 5.41) is 15.1. The number of aldehydes is 1. The maximum atomic E-state index is 13.2. The number of carboxylic acids is 1. The Balaban J connectivity index is 1.82. The van der Waals surface area contributed by atoms with Crippen molar-refractivity contribution in [2.75, 3.05) is 19.8 Å². The Morgan fingerprint density at radius 3 is 2.70 bits per heavy atom. The van der Waals surface area contributed by atoms with Gasteiger partial charge in [0.25, 0.3) is 0 Å². The number of hydrogen-bond acceptors (Lipinski definition) is 5. The molecule has 6 nitrogen and oxygen atoms in total. The molecule has 3 saturated carbocycles. The van der Waals surface area contributed by atoms with E-state index in [1.807, 2.05) is 20.8 Å². The lowest BCUT2D eigenvalue weighted by Gasteiger charge is -2.57. The second-order valence-electron chi connectivity index (χ2n) is 10.1. The summed E-state index contributed by atoms with van der Waals surface area (Å²) < 4.78 is 5.30. The first-order valence-electron chi connectivity index (χ1n) is 11.5. The molecule has 166 valence electrons. The van der Waals surface area contributed by atoms with Crippen LogP contribution >= 0.6 is 0 Å². The van der Waals surface area contributed by atoms with Crippen molar-refractivity contribution < 1.29 is 24.3 Å². The summed E-state index contributed by atoms with van der Waals surface area (Å²) in [7, 11) is 0. The van der Waals surface area contributed by atoms with Gasteiger partial charge in [0, 0.05) is 12.0 Å². The molecule has 0 unspecified atom stereocenters. The molecular weight excluding hydrogens is 382 g/mol. The van der Waals surface area contributed by atoms with Gasteiger partial charge >= 0.3 is 5.97 Å². The first-order valence-corrected chi connectivity index (χ1v) is 11.5. The van der Waals surface area contributed by atoms with Crippen LogP contribution in [0.2, 0.25) is 0 Å². The van der Waals surface area contributed by atoms with E-state index in [9.17, 15) is 14.7 Å². The summed E-state index contributed by atoms with van der Waals surface area (Å²) in [6, 6.07) is 0. The van der Waals surface area contributed by atoms with Crippen molar-refractivity contribution in [3.8, 4) is 0 Å². The van der Waals surface area contributed by atoms with Crippen molar-refractivity contribution in [2.45, 2.75) is 53.4 Å².